The predicted octanol–water partition coefficient (Wildman–Crippen LogP) is 3.93. The number of aliphatic hydroxyl groups is 1. The molecule has 2 aromatic rings. The van der Waals surface area contributed by atoms with Gasteiger partial charge in [0.05, 0.1) is 31.4 Å². The molecule has 2 aromatic carbocycles. The summed E-state index contributed by atoms with van der Waals surface area (Å²) in [6.45, 7) is 8.95. The number of morpholine rings is 1. The second-order valence-electron chi connectivity index (χ2n) is 9.04. The van der Waals surface area contributed by atoms with E-state index < -0.39 is 17.7 Å². The van der Waals surface area contributed by atoms with Crippen LogP contribution in [0.1, 0.15) is 42.5 Å². The van der Waals surface area contributed by atoms with Crippen molar-refractivity contribution in [2.75, 3.05) is 46.0 Å². The number of rotatable bonds is 9. The molecule has 2 aliphatic rings. The Hall–Kier alpha value is -3.16. The summed E-state index contributed by atoms with van der Waals surface area (Å²) in [5.74, 6) is -0.645. The molecular formula is C28H34N2O5. The van der Waals surface area contributed by atoms with E-state index in [2.05, 4.69) is 4.90 Å². The standard InChI is InChI=1S/C28H34N2O5/c1-3-16-35-22-10-11-23(20(2)19-22)26(31)24-25(21-8-5-4-6-9-21)30(28(33)27(24)32)13-7-12-29-14-17-34-18-15-29/h4-6,8-11,19,25,31H,3,7,12-18H2,1-2H3. The first kappa shape index (κ1) is 24.9. The van der Waals surface area contributed by atoms with Gasteiger partial charge in [-0.05, 0) is 49.1 Å². The van der Waals surface area contributed by atoms with Gasteiger partial charge in [0.1, 0.15) is 11.5 Å². The summed E-state index contributed by atoms with van der Waals surface area (Å²) in [6.07, 6.45) is 1.63. The fraction of sp³-hybridized carbons (Fsp3) is 0.429. The second kappa shape index (κ2) is 11.5. The van der Waals surface area contributed by atoms with E-state index in [9.17, 15) is 14.7 Å². The molecule has 0 aliphatic carbocycles. The van der Waals surface area contributed by atoms with Crippen LogP contribution in [0, 0.1) is 6.92 Å². The van der Waals surface area contributed by atoms with Gasteiger partial charge in [-0.15, -0.1) is 0 Å². The van der Waals surface area contributed by atoms with Crippen LogP contribution in [0.15, 0.2) is 54.1 Å². The molecule has 0 radical (unpaired) electrons. The lowest BCUT2D eigenvalue weighted by Crippen LogP contribution is -2.38. The molecule has 1 amide bonds. The van der Waals surface area contributed by atoms with Gasteiger partial charge in [0.15, 0.2) is 0 Å². The van der Waals surface area contributed by atoms with Crippen LogP contribution in [-0.2, 0) is 14.3 Å². The maximum absolute atomic E-state index is 13.2. The van der Waals surface area contributed by atoms with Crippen LogP contribution in [0.25, 0.3) is 5.76 Å². The third-order valence-electron chi connectivity index (χ3n) is 6.56. The highest BCUT2D eigenvalue weighted by molar-refractivity contribution is 6.46. The monoisotopic (exact) mass is 478 g/mol. The van der Waals surface area contributed by atoms with Crippen molar-refractivity contribution in [2.24, 2.45) is 0 Å². The molecule has 2 heterocycles. The summed E-state index contributed by atoms with van der Waals surface area (Å²) in [4.78, 5) is 30.3. The molecule has 2 fully saturated rings. The van der Waals surface area contributed by atoms with Crippen molar-refractivity contribution in [3.63, 3.8) is 0 Å². The maximum atomic E-state index is 13.2. The number of hydrogen-bond acceptors (Lipinski definition) is 6. The zero-order valence-electron chi connectivity index (χ0n) is 20.5. The van der Waals surface area contributed by atoms with Crippen LogP contribution < -0.4 is 4.74 Å². The average Bonchev–Trinajstić information content (AvgIpc) is 3.13. The largest absolute Gasteiger partial charge is 0.507 e. The average molecular weight is 479 g/mol. The van der Waals surface area contributed by atoms with Crippen LogP contribution in [0.5, 0.6) is 5.75 Å². The smallest absolute Gasteiger partial charge is 0.295 e. The van der Waals surface area contributed by atoms with Gasteiger partial charge in [0.2, 0.25) is 0 Å². The van der Waals surface area contributed by atoms with E-state index in [0.717, 1.165) is 56.8 Å². The van der Waals surface area contributed by atoms with Gasteiger partial charge in [-0.1, -0.05) is 37.3 Å². The van der Waals surface area contributed by atoms with Crippen LogP contribution in [0.4, 0.5) is 0 Å². The minimum Gasteiger partial charge on any atom is -0.507 e. The number of ether oxygens (including phenoxy) is 2. The normalized spacial score (nSPS) is 20.4. The summed E-state index contributed by atoms with van der Waals surface area (Å²) in [5.41, 5.74) is 2.25. The number of aliphatic hydroxyl groups excluding tert-OH is 1. The molecule has 1 N–H and O–H groups in total. The van der Waals surface area contributed by atoms with Crippen molar-refractivity contribution in [3.8, 4) is 5.75 Å². The number of amides is 1. The maximum Gasteiger partial charge on any atom is 0.295 e. The first-order valence-electron chi connectivity index (χ1n) is 12.4. The Morgan fingerprint density at radius 1 is 1.09 bits per heavy atom. The molecule has 0 bridgehead atoms. The van der Waals surface area contributed by atoms with Crippen molar-refractivity contribution in [1.82, 2.24) is 9.80 Å². The minimum absolute atomic E-state index is 0.137. The Morgan fingerprint density at radius 3 is 2.51 bits per heavy atom. The zero-order chi connectivity index (χ0) is 24.8. The van der Waals surface area contributed by atoms with Gasteiger partial charge in [0, 0.05) is 31.7 Å². The highest BCUT2D eigenvalue weighted by atomic mass is 16.5. The zero-order valence-corrected chi connectivity index (χ0v) is 20.5. The molecule has 1 unspecified atom stereocenters. The van der Waals surface area contributed by atoms with Gasteiger partial charge >= 0.3 is 0 Å². The Balaban J connectivity index is 1.65. The number of likely N-dealkylation sites (tertiary alicyclic amines) is 1. The van der Waals surface area contributed by atoms with Crippen molar-refractivity contribution < 1.29 is 24.2 Å². The van der Waals surface area contributed by atoms with Crippen molar-refractivity contribution in [1.29, 1.82) is 0 Å². The van der Waals surface area contributed by atoms with Crippen molar-refractivity contribution >= 4 is 17.4 Å². The van der Waals surface area contributed by atoms with Crippen LogP contribution in [0.2, 0.25) is 0 Å². The summed E-state index contributed by atoms with van der Waals surface area (Å²) in [7, 11) is 0. The molecule has 1 atom stereocenters. The van der Waals surface area contributed by atoms with Gasteiger partial charge in [-0.25, -0.2) is 0 Å². The molecule has 7 nitrogen and oxygen atoms in total. The van der Waals surface area contributed by atoms with Crippen molar-refractivity contribution in [2.45, 2.75) is 32.7 Å². The van der Waals surface area contributed by atoms with E-state index in [1.807, 2.05) is 50.2 Å². The second-order valence-corrected chi connectivity index (χ2v) is 9.04. The number of carbonyl (C=O) groups excluding carboxylic acids is 2. The van der Waals surface area contributed by atoms with E-state index in [1.54, 1.807) is 17.0 Å². The lowest BCUT2D eigenvalue weighted by atomic mass is 9.94. The predicted molar refractivity (Wildman–Crippen MR) is 134 cm³/mol. The van der Waals surface area contributed by atoms with E-state index >= 15 is 0 Å². The number of hydrogen-bond donors (Lipinski definition) is 1. The molecule has 0 saturated carbocycles. The molecule has 186 valence electrons. The minimum atomic E-state index is -0.645. The van der Waals surface area contributed by atoms with Gasteiger partial charge in [-0.3, -0.25) is 14.5 Å². The third-order valence-corrected chi connectivity index (χ3v) is 6.56. The first-order chi connectivity index (χ1) is 17.0. The molecule has 7 heteroatoms. The number of Topliss-reactive ketones (excluding diaryl/α,β-unsaturated/α-hetero) is 1. The molecule has 0 spiro atoms. The molecule has 2 saturated heterocycles. The molecule has 35 heavy (non-hydrogen) atoms. The van der Waals surface area contributed by atoms with E-state index in [0.29, 0.717) is 24.5 Å². The molecule has 4 rings (SSSR count). The number of nitrogens with zero attached hydrogens (tertiary/aromatic N) is 2. The lowest BCUT2D eigenvalue weighted by molar-refractivity contribution is -0.140. The van der Waals surface area contributed by atoms with E-state index in [-0.39, 0.29) is 11.3 Å². The quantitative estimate of drug-likeness (QED) is 0.334. The summed E-state index contributed by atoms with van der Waals surface area (Å²) in [5, 5.41) is 11.4. The van der Waals surface area contributed by atoms with Crippen LogP contribution in [-0.4, -0.2) is 72.6 Å². The van der Waals surface area contributed by atoms with Gasteiger partial charge in [0.25, 0.3) is 11.7 Å². The number of aryl methyl sites for hydroxylation is 1. The van der Waals surface area contributed by atoms with E-state index in [4.69, 9.17) is 9.47 Å². The fourth-order valence-corrected chi connectivity index (χ4v) is 4.74. The molecular weight excluding hydrogens is 444 g/mol. The SMILES string of the molecule is CCCOc1ccc(C(O)=C2C(=O)C(=O)N(CCCN3CCOCC3)C2c2ccccc2)c(C)c1. The van der Waals surface area contributed by atoms with Gasteiger partial charge in [-0.2, -0.15) is 0 Å². The molecule has 2 aliphatic heterocycles. The Morgan fingerprint density at radius 2 is 1.83 bits per heavy atom. The Labute approximate surface area is 206 Å². The first-order valence-corrected chi connectivity index (χ1v) is 12.4. The number of carbonyl (C=O) groups is 2. The Kier molecular flexibility index (Phi) is 8.21. The summed E-state index contributed by atoms with van der Waals surface area (Å²) >= 11 is 0. The van der Waals surface area contributed by atoms with Crippen molar-refractivity contribution in [3.05, 3.63) is 70.8 Å². The lowest BCUT2D eigenvalue weighted by Gasteiger charge is -2.29. The van der Waals surface area contributed by atoms with E-state index in [1.165, 1.54) is 0 Å². The fourth-order valence-electron chi connectivity index (χ4n) is 4.74. The third kappa shape index (κ3) is 5.57. The van der Waals surface area contributed by atoms with Gasteiger partial charge < -0.3 is 19.5 Å². The summed E-state index contributed by atoms with van der Waals surface area (Å²) < 4.78 is 11.1. The molecule has 0 aromatic heterocycles. The van der Waals surface area contributed by atoms with Crippen LogP contribution in [0.3, 0.4) is 0 Å². The number of ketones is 1. The highest BCUT2D eigenvalue weighted by Gasteiger charge is 2.45. The topological polar surface area (TPSA) is 79.3 Å². The number of benzene rings is 2. The highest BCUT2D eigenvalue weighted by Crippen LogP contribution is 2.40. The Bertz CT molecular complexity index is 1080. The van der Waals surface area contributed by atoms with Crippen LogP contribution >= 0.6 is 0 Å². The summed E-state index contributed by atoms with van der Waals surface area (Å²) in [6, 6.07) is 14.2.